The number of benzene rings is 1. The van der Waals surface area contributed by atoms with Crippen LogP contribution in [0.5, 0.6) is 0 Å². The van der Waals surface area contributed by atoms with Crippen molar-refractivity contribution in [3.8, 4) is 0 Å². The molecule has 0 amide bonds. The Labute approximate surface area is 80.3 Å². The van der Waals surface area contributed by atoms with Gasteiger partial charge in [0.15, 0.2) is 0 Å². The molecule has 0 aromatic heterocycles. The lowest BCUT2D eigenvalue weighted by molar-refractivity contribution is 0.181. The number of halogens is 1. The minimum Gasteiger partial charge on any atom is -0.392 e. The van der Waals surface area contributed by atoms with Crippen LogP contribution >= 0.6 is 15.9 Å². The average Bonchev–Trinajstić information content (AvgIpc) is 2.05. The summed E-state index contributed by atoms with van der Waals surface area (Å²) in [6, 6.07) is 5.78. The Morgan fingerprint density at radius 3 is 2.83 bits per heavy atom. The number of methoxy groups -OCH3 is 1. The number of hydrogen-bond donors (Lipinski definition) is 1. The van der Waals surface area contributed by atoms with Crippen LogP contribution in [-0.2, 0) is 18.0 Å². The van der Waals surface area contributed by atoms with Crippen molar-refractivity contribution < 1.29 is 9.84 Å². The normalized spacial score (nSPS) is 10.2. The summed E-state index contributed by atoms with van der Waals surface area (Å²) < 4.78 is 5.92. The molecule has 0 saturated heterocycles. The first-order valence-electron chi connectivity index (χ1n) is 3.65. The summed E-state index contributed by atoms with van der Waals surface area (Å²) in [5.41, 5.74) is 1.92. The Balaban J connectivity index is 3.00. The molecule has 1 N–H and O–H groups in total. The van der Waals surface area contributed by atoms with Gasteiger partial charge < -0.3 is 9.84 Å². The predicted octanol–water partition coefficient (Wildman–Crippen LogP) is 2.09. The van der Waals surface area contributed by atoms with Crippen LogP contribution in [0.4, 0.5) is 0 Å². The van der Waals surface area contributed by atoms with Crippen molar-refractivity contribution in [2.75, 3.05) is 7.11 Å². The van der Waals surface area contributed by atoms with Crippen molar-refractivity contribution in [2.45, 2.75) is 13.2 Å². The van der Waals surface area contributed by atoms with E-state index in [9.17, 15) is 0 Å². The van der Waals surface area contributed by atoms with Crippen molar-refractivity contribution in [3.05, 3.63) is 33.8 Å². The summed E-state index contributed by atoms with van der Waals surface area (Å²) in [5.74, 6) is 0. The number of ether oxygens (including phenoxy) is 1. The molecule has 0 fully saturated rings. The van der Waals surface area contributed by atoms with Gasteiger partial charge >= 0.3 is 0 Å². The molecule has 12 heavy (non-hydrogen) atoms. The Morgan fingerprint density at radius 1 is 1.50 bits per heavy atom. The molecule has 1 rings (SSSR count). The van der Waals surface area contributed by atoms with Crippen LogP contribution in [0, 0.1) is 0 Å². The SMILES string of the molecule is COCc1cccc(Br)c1CO. The lowest BCUT2D eigenvalue weighted by Crippen LogP contribution is -1.96. The van der Waals surface area contributed by atoms with Gasteiger partial charge in [0.05, 0.1) is 13.2 Å². The number of aliphatic hydroxyl groups is 1. The molecule has 66 valence electrons. The highest BCUT2D eigenvalue weighted by molar-refractivity contribution is 9.10. The van der Waals surface area contributed by atoms with Gasteiger partial charge in [0.2, 0.25) is 0 Å². The zero-order chi connectivity index (χ0) is 8.97. The second-order valence-electron chi connectivity index (χ2n) is 2.47. The Morgan fingerprint density at radius 2 is 2.25 bits per heavy atom. The minimum absolute atomic E-state index is 0.0418. The molecular formula is C9H11BrO2. The first kappa shape index (κ1) is 9.71. The van der Waals surface area contributed by atoms with Crippen LogP contribution in [0.2, 0.25) is 0 Å². The van der Waals surface area contributed by atoms with Gasteiger partial charge in [-0.3, -0.25) is 0 Å². The average molecular weight is 231 g/mol. The van der Waals surface area contributed by atoms with E-state index in [-0.39, 0.29) is 6.61 Å². The molecule has 0 saturated carbocycles. The summed E-state index contributed by atoms with van der Waals surface area (Å²) in [6.45, 7) is 0.579. The molecule has 0 aliphatic carbocycles. The van der Waals surface area contributed by atoms with Crippen LogP contribution in [0.3, 0.4) is 0 Å². The first-order chi connectivity index (χ1) is 5.79. The second-order valence-corrected chi connectivity index (χ2v) is 3.32. The predicted molar refractivity (Wildman–Crippen MR) is 50.8 cm³/mol. The van der Waals surface area contributed by atoms with Crippen molar-refractivity contribution in [3.63, 3.8) is 0 Å². The standard InChI is InChI=1S/C9H11BrO2/c1-12-6-7-3-2-4-9(10)8(7)5-11/h2-4,11H,5-6H2,1H3. The van der Waals surface area contributed by atoms with Crippen LogP contribution in [0.15, 0.2) is 22.7 Å². The van der Waals surface area contributed by atoms with E-state index in [0.717, 1.165) is 15.6 Å². The van der Waals surface area contributed by atoms with E-state index in [0.29, 0.717) is 6.61 Å². The third-order valence-corrected chi connectivity index (χ3v) is 2.42. The van der Waals surface area contributed by atoms with Gasteiger partial charge in [0.1, 0.15) is 0 Å². The largest absolute Gasteiger partial charge is 0.392 e. The fourth-order valence-corrected chi connectivity index (χ4v) is 1.60. The molecular weight excluding hydrogens is 220 g/mol. The van der Waals surface area contributed by atoms with Crippen molar-refractivity contribution in [1.82, 2.24) is 0 Å². The summed E-state index contributed by atoms with van der Waals surface area (Å²) in [4.78, 5) is 0. The number of rotatable bonds is 3. The Hall–Kier alpha value is -0.380. The topological polar surface area (TPSA) is 29.5 Å². The van der Waals surface area contributed by atoms with Gasteiger partial charge in [-0.15, -0.1) is 0 Å². The van der Waals surface area contributed by atoms with E-state index >= 15 is 0 Å². The van der Waals surface area contributed by atoms with Crippen molar-refractivity contribution in [1.29, 1.82) is 0 Å². The molecule has 1 aromatic rings. The van der Waals surface area contributed by atoms with Gasteiger partial charge in [-0.1, -0.05) is 28.1 Å². The maximum atomic E-state index is 9.04. The molecule has 0 unspecified atom stereocenters. The van der Waals surface area contributed by atoms with Crippen molar-refractivity contribution >= 4 is 15.9 Å². The maximum Gasteiger partial charge on any atom is 0.0717 e. The molecule has 0 atom stereocenters. The van der Waals surface area contributed by atoms with Crippen molar-refractivity contribution in [2.24, 2.45) is 0 Å². The lowest BCUT2D eigenvalue weighted by Gasteiger charge is -2.07. The molecule has 0 heterocycles. The molecule has 0 aliphatic rings. The molecule has 0 aliphatic heterocycles. The van der Waals surface area contributed by atoms with Gasteiger partial charge in [-0.25, -0.2) is 0 Å². The van der Waals surface area contributed by atoms with Crippen LogP contribution < -0.4 is 0 Å². The zero-order valence-corrected chi connectivity index (χ0v) is 8.47. The van der Waals surface area contributed by atoms with E-state index in [4.69, 9.17) is 9.84 Å². The summed E-state index contributed by atoms with van der Waals surface area (Å²) in [7, 11) is 1.64. The van der Waals surface area contributed by atoms with E-state index in [2.05, 4.69) is 15.9 Å². The fraction of sp³-hybridized carbons (Fsp3) is 0.333. The Kier molecular flexibility index (Phi) is 3.72. The number of hydrogen-bond acceptors (Lipinski definition) is 2. The molecule has 1 aromatic carbocycles. The lowest BCUT2D eigenvalue weighted by atomic mass is 10.1. The van der Waals surface area contributed by atoms with Crippen LogP contribution in [-0.4, -0.2) is 12.2 Å². The fourth-order valence-electron chi connectivity index (χ4n) is 1.07. The molecule has 0 spiro atoms. The summed E-state index contributed by atoms with van der Waals surface area (Å²) >= 11 is 3.36. The maximum absolute atomic E-state index is 9.04. The molecule has 0 radical (unpaired) electrons. The van der Waals surface area contributed by atoms with Gasteiger partial charge in [-0.2, -0.15) is 0 Å². The highest BCUT2D eigenvalue weighted by Gasteiger charge is 2.03. The van der Waals surface area contributed by atoms with E-state index < -0.39 is 0 Å². The monoisotopic (exact) mass is 230 g/mol. The minimum atomic E-state index is 0.0418. The highest BCUT2D eigenvalue weighted by Crippen LogP contribution is 2.20. The molecule has 0 bridgehead atoms. The van der Waals surface area contributed by atoms with Gasteiger partial charge in [-0.05, 0) is 17.2 Å². The Bertz CT molecular complexity index is 261. The summed E-state index contributed by atoms with van der Waals surface area (Å²) in [6.07, 6.45) is 0. The molecule has 2 nitrogen and oxygen atoms in total. The number of aliphatic hydroxyl groups excluding tert-OH is 1. The third kappa shape index (κ3) is 2.06. The quantitative estimate of drug-likeness (QED) is 0.862. The zero-order valence-electron chi connectivity index (χ0n) is 6.88. The van der Waals surface area contributed by atoms with Crippen LogP contribution in [0.25, 0.3) is 0 Å². The van der Waals surface area contributed by atoms with Crippen LogP contribution in [0.1, 0.15) is 11.1 Å². The third-order valence-electron chi connectivity index (χ3n) is 1.67. The van der Waals surface area contributed by atoms with Gasteiger partial charge in [0.25, 0.3) is 0 Å². The van der Waals surface area contributed by atoms with E-state index in [1.165, 1.54) is 0 Å². The van der Waals surface area contributed by atoms with Gasteiger partial charge in [0, 0.05) is 11.6 Å². The second kappa shape index (κ2) is 4.60. The van der Waals surface area contributed by atoms with E-state index in [1.54, 1.807) is 7.11 Å². The van der Waals surface area contributed by atoms with E-state index in [1.807, 2.05) is 18.2 Å². The highest BCUT2D eigenvalue weighted by atomic mass is 79.9. The summed E-state index contributed by atoms with van der Waals surface area (Å²) in [5, 5.41) is 9.04. The smallest absolute Gasteiger partial charge is 0.0717 e. The first-order valence-corrected chi connectivity index (χ1v) is 4.45. The molecule has 3 heteroatoms.